The summed E-state index contributed by atoms with van der Waals surface area (Å²) in [6.07, 6.45) is 0.0861. The molecule has 4 nitrogen and oxygen atoms in total. The molecule has 0 heterocycles. The summed E-state index contributed by atoms with van der Waals surface area (Å²) in [5.41, 5.74) is 1.43. The highest BCUT2D eigenvalue weighted by molar-refractivity contribution is 6.36. The van der Waals surface area contributed by atoms with Gasteiger partial charge in [0.05, 0.1) is 5.56 Å². The van der Waals surface area contributed by atoms with Gasteiger partial charge in [-0.3, -0.25) is 0 Å². The van der Waals surface area contributed by atoms with Crippen molar-refractivity contribution in [2.75, 3.05) is 6.61 Å². The van der Waals surface area contributed by atoms with Crippen LogP contribution in [0.3, 0.4) is 0 Å². The average Bonchev–Trinajstić information content (AvgIpc) is 2.65. The molecular formula is C21H15Cl2FO4. The van der Waals surface area contributed by atoms with Crippen molar-refractivity contribution in [1.29, 1.82) is 0 Å². The highest BCUT2D eigenvalue weighted by atomic mass is 35.5. The second kappa shape index (κ2) is 8.50. The summed E-state index contributed by atoms with van der Waals surface area (Å²) in [6, 6.07) is 14.5. The standard InChI is InChI=1S/C21H15Cl2FO4/c22-16-9-14(28-11-19(26)27)10-17(23)15(16)8-13-6-7-18(25)20(21(13)24)12-4-2-1-3-5-12/h1-7,9-10,25H,8,11H2,(H,26,27). The van der Waals surface area contributed by atoms with E-state index in [0.29, 0.717) is 16.7 Å². The van der Waals surface area contributed by atoms with E-state index >= 15 is 4.39 Å². The number of ether oxygens (including phenoxy) is 1. The van der Waals surface area contributed by atoms with Gasteiger partial charge in [0.25, 0.3) is 0 Å². The summed E-state index contributed by atoms with van der Waals surface area (Å²) in [7, 11) is 0. The Hall–Kier alpha value is -2.76. The molecule has 0 amide bonds. The molecule has 144 valence electrons. The van der Waals surface area contributed by atoms with E-state index in [1.165, 1.54) is 24.3 Å². The number of rotatable bonds is 6. The molecule has 0 aliphatic heterocycles. The molecule has 0 unspecified atom stereocenters. The molecule has 2 N–H and O–H groups in total. The third kappa shape index (κ3) is 4.38. The number of carboxylic acids is 1. The quantitative estimate of drug-likeness (QED) is 0.547. The molecule has 0 spiro atoms. The predicted octanol–water partition coefficient (Wildman–Crippen LogP) is 5.56. The number of aromatic hydroxyl groups is 1. The van der Waals surface area contributed by atoms with Crippen LogP contribution in [-0.2, 0) is 11.2 Å². The van der Waals surface area contributed by atoms with Crippen molar-refractivity contribution in [3.63, 3.8) is 0 Å². The molecule has 0 aliphatic rings. The lowest BCUT2D eigenvalue weighted by Gasteiger charge is -2.14. The van der Waals surface area contributed by atoms with Gasteiger partial charge in [-0.05, 0) is 34.9 Å². The van der Waals surface area contributed by atoms with E-state index in [4.69, 9.17) is 33.0 Å². The smallest absolute Gasteiger partial charge is 0.341 e. The van der Waals surface area contributed by atoms with Gasteiger partial charge in [0.15, 0.2) is 6.61 Å². The first-order chi connectivity index (χ1) is 13.4. The van der Waals surface area contributed by atoms with Crippen molar-refractivity contribution in [2.45, 2.75) is 6.42 Å². The van der Waals surface area contributed by atoms with Crippen molar-refractivity contribution >= 4 is 29.2 Å². The summed E-state index contributed by atoms with van der Waals surface area (Å²) in [4.78, 5) is 10.6. The van der Waals surface area contributed by atoms with Gasteiger partial charge in [-0.2, -0.15) is 0 Å². The Labute approximate surface area is 170 Å². The van der Waals surface area contributed by atoms with Crippen LogP contribution in [0, 0.1) is 5.82 Å². The zero-order chi connectivity index (χ0) is 20.3. The minimum atomic E-state index is -1.13. The highest BCUT2D eigenvalue weighted by Crippen LogP contribution is 2.37. The van der Waals surface area contributed by atoms with E-state index in [1.807, 2.05) is 0 Å². The molecule has 3 aromatic carbocycles. The number of hydrogen-bond acceptors (Lipinski definition) is 3. The van der Waals surface area contributed by atoms with Crippen molar-refractivity contribution in [3.05, 3.63) is 81.6 Å². The second-order valence-corrected chi connectivity index (χ2v) is 6.84. The van der Waals surface area contributed by atoms with Crippen LogP contribution in [-0.4, -0.2) is 22.8 Å². The molecular weight excluding hydrogens is 406 g/mol. The number of halogens is 3. The summed E-state index contributed by atoms with van der Waals surface area (Å²) in [6.45, 7) is -0.529. The third-order valence-electron chi connectivity index (χ3n) is 4.11. The maximum absolute atomic E-state index is 15.1. The fraction of sp³-hybridized carbons (Fsp3) is 0.0952. The number of phenolic OH excluding ortho intramolecular Hbond substituents is 1. The van der Waals surface area contributed by atoms with E-state index in [1.54, 1.807) is 30.3 Å². The first-order valence-electron chi connectivity index (χ1n) is 8.25. The average molecular weight is 421 g/mol. The van der Waals surface area contributed by atoms with Crippen LogP contribution in [0.1, 0.15) is 11.1 Å². The van der Waals surface area contributed by atoms with Gasteiger partial charge in [-0.25, -0.2) is 9.18 Å². The number of hydrogen-bond donors (Lipinski definition) is 2. The topological polar surface area (TPSA) is 66.8 Å². The first kappa shape index (κ1) is 20.0. The molecule has 0 aliphatic carbocycles. The van der Waals surface area contributed by atoms with Crippen molar-refractivity contribution in [3.8, 4) is 22.6 Å². The highest BCUT2D eigenvalue weighted by Gasteiger charge is 2.18. The third-order valence-corrected chi connectivity index (χ3v) is 4.78. The maximum atomic E-state index is 15.1. The number of carbonyl (C=O) groups is 1. The number of benzene rings is 3. The van der Waals surface area contributed by atoms with Gasteiger partial charge in [0.2, 0.25) is 0 Å². The Morgan fingerprint density at radius 2 is 1.68 bits per heavy atom. The predicted molar refractivity (Wildman–Crippen MR) is 106 cm³/mol. The number of phenols is 1. The Kier molecular flexibility index (Phi) is 6.07. The molecule has 7 heteroatoms. The lowest BCUT2D eigenvalue weighted by atomic mass is 9.97. The fourth-order valence-corrected chi connectivity index (χ4v) is 3.39. The summed E-state index contributed by atoms with van der Waals surface area (Å²) in [5.74, 6) is -1.65. The zero-order valence-corrected chi connectivity index (χ0v) is 16.0. The maximum Gasteiger partial charge on any atom is 0.341 e. The summed E-state index contributed by atoms with van der Waals surface area (Å²) < 4.78 is 20.2. The molecule has 0 saturated heterocycles. The largest absolute Gasteiger partial charge is 0.507 e. The van der Waals surface area contributed by atoms with Crippen LogP contribution in [0.5, 0.6) is 11.5 Å². The van der Waals surface area contributed by atoms with Gasteiger partial charge in [-0.15, -0.1) is 0 Å². The number of aliphatic carboxylic acids is 1. The molecule has 0 aromatic heterocycles. The van der Waals surface area contributed by atoms with E-state index in [9.17, 15) is 9.90 Å². The second-order valence-electron chi connectivity index (χ2n) is 6.02. The monoisotopic (exact) mass is 420 g/mol. The molecule has 0 atom stereocenters. The van der Waals surface area contributed by atoms with Crippen LogP contribution >= 0.6 is 23.2 Å². The van der Waals surface area contributed by atoms with Crippen LogP contribution < -0.4 is 4.74 Å². The van der Waals surface area contributed by atoms with E-state index in [2.05, 4.69) is 0 Å². The molecule has 0 bridgehead atoms. The van der Waals surface area contributed by atoms with Gasteiger partial charge < -0.3 is 14.9 Å². The summed E-state index contributed by atoms with van der Waals surface area (Å²) >= 11 is 12.5. The van der Waals surface area contributed by atoms with Crippen LogP contribution in [0.2, 0.25) is 10.0 Å². The van der Waals surface area contributed by atoms with Crippen molar-refractivity contribution < 1.29 is 24.1 Å². The Bertz CT molecular complexity index is 999. The van der Waals surface area contributed by atoms with Gasteiger partial charge in [0.1, 0.15) is 17.3 Å². The zero-order valence-electron chi connectivity index (χ0n) is 14.5. The molecule has 0 fully saturated rings. The molecule has 3 aromatic rings. The Morgan fingerprint density at radius 1 is 1.04 bits per heavy atom. The van der Waals surface area contributed by atoms with Crippen LogP contribution in [0.15, 0.2) is 54.6 Å². The molecule has 3 rings (SSSR count). The molecule has 28 heavy (non-hydrogen) atoms. The van der Waals surface area contributed by atoms with Gasteiger partial charge >= 0.3 is 5.97 Å². The van der Waals surface area contributed by atoms with Crippen molar-refractivity contribution in [1.82, 2.24) is 0 Å². The Balaban J connectivity index is 1.95. The van der Waals surface area contributed by atoms with Crippen LogP contribution in [0.4, 0.5) is 4.39 Å². The minimum Gasteiger partial charge on any atom is -0.507 e. The van der Waals surface area contributed by atoms with Gasteiger partial charge in [-0.1, -0.05) is 59.6 Å². The van der Waals surface area contributed by atoms with E-state index in [0.717, 1.165) is 0 Å². The van der Waals surface area contributed by atoms with Gasteiger partial charge in [0, 0.05) is 16.5 Å². The fourth-order valence-electron chi connectivity index (χ4n) is 2.79. The lowest BCUT2D eigenvalue weighted by molar-refractivity contribution is -0.139. The lowest BCUT2D eigenvalue weighted by Crippen LogP contribution is -2.09. The van der Waals surface area contributed by atoms with E-state index < -0.39 is 18.4 Å². The normalized spacial score (nSPS) is 10.7. The van der Waals surface area contributed by atoms with Crippen LogP contribution in [0.25, 0.3) is 11.1 Å². The minimum absolute atomic E-state index is 0.0861. The molecule has 0 saturated carbocycles. The Morgan fingerprint density at radius 3 is 2.29 bits per heavy atom. The van der Waals surface area contributed by atoms with E-state index in [-0.39, 0.29) is 33.5 Å². The number of carboxylic acid groups (broad SMARTS) is 1. The van der Waals surface area contributed by atoms with Crippen molar-refractivity contribution in [2.24, 2.45) is 0 Å². The first-order valence-corrected chi connectivity index (χ1v) is 9.00. The SMILES string of the molecule is O=C(O)COc1cc(Cl)c(Cc2ccc(O)c(-c3ccccc3)c2F)c(Cl)c1. The summed E-state index contributed by atoms with van der Waals surface area (Å²) in [5, 5.41) is 19.3. The molecule has 0 radical (unpaired) electrons.